The number of benzene rings is 1. The van der Waals surface area contributed by atoms with E-state index < -0.39 is 5.92 Å². The SMILES string of the molecule is Cc1cc2c(s1)CN(c1cc(C)c(NC(=O)CC3CC(F)(F)C3)c(C)c1)CC2. The van der Waals surface area contributed by atoms with Crippen LogP contribution in [-0.2, 0) is 17.8 Å². The van der Waals surface area contributed by atoms with Gasteiger partial charge < -0.3 is 10.2 Å². The first-order valence-electron chi connectivity index (χ1n) is 9.82. The van der Waals surface area contributed by atoms with Gasteiger partial charge in [-0.3, -0.25) is 4.79 Å². The third-order valence-electron chi connectivity index (χ3n) is 5.80. The molecular formula is C22H26F2N2OS. The molecule has 0 spiro atoms. The van der Waals surface area contributed by atoms with Gasteiger partial charge in [-0.15, -0.1) is 11.3 Å². The summed E-state index contributed by atoms with van der Waals surface area (Å²) in [6.45, 7) is 8.06. The fraction of sp³-hybridized carbons (Fsp3) is 0.500. The Kier molecular flexibility index (Phi) is 4.94. The van der Waals surface area contributed by atoms with E-state index in [1.807, 2.05) is 25.2 Å². The maximum Gasteiger partial charge on any atom is 0.248 e. The minimum atomic E-state index is -2.58. The van der Waals surface area contributed by atoms with Crippen molar-refractivity contribution in [3.8, 4) is 0 Å². The third kappa shape index (κ3) is 3.93. The minimum absolute atomic E-state index is 0.169. The number of alkyl halides is 2. The molecule has 0 radical (unpaired) electrons. The summed E-state index contributed by atoms with van der Waals surface area (Å²) >= 11 is 1.87. The van der Waals surface area contributed by atoms with Crippen LogP contribution in [0.15, 0.2) is 18.2 Å². The van der Waals surface area contributed by atoms with Gasteiger partial charge in [-0.25, -0.2) is 8.78 Å². The highest BCUT2D eigenvalue weighted by Crippen LogP contribution is 2.44. The monoisotopic (exact) mass is 404 g/mol. The molecule has 1 fully saturated rings. The molecule has 0 bridgehead atoms. The van der Waals surface area contributed by atoms with E-state index in [1.54, 1.807) is 0 Å². The standard InChI is InChI=1S/C22H26F2N2OS/c1-13-6-18(26-5-4-17-8-15(3)28-19(17)12-26)7-14(2)21(13)25-20(27)9-16-10-22(23,24)11-16/h6-8,16H,4-5,9-12H2,1-3H3,(H,25,27). The second kappa shape index (κ2) is 7.14. The van der Waals surface area contributed by atoms with E-state index in [4.69, 9.17) is 0 Å². The van der Waals surface area contributed by atoms with Gasteiger partial charge >= 0.3 is 0 Å². The molecule has 1 aliphatic heterocycles. The number of rotatable bonds is 4. The number of thiophene rings is 1. The predicted octanol–water partition coefficient (Wildman–Crippen LogP) is 5.61. The number of carbonyl (C=O) groups is 1. The van der Waals surface area contributed by atoms with E-state index in [-0.39, 0.29) is 31.1 Å². The quantitative estimate of drug-likeness (QED) is 0.718. The molecule has 0 unspecified atom stereocenters. The van der Waals surface area contributed by atoms with Crippen LogP contribution in [0.5, 0.6) is 0 Å². The summed E-state index contributed by atoms with van der Waals surface area (Å²) in [5.74, 6) is -2.95. The number of amides is 1. The van der Waals surface area contributed by atoms with Crippen molar-refractivity contribution in [3.63, 3.8) is 0 Å². The Morgan fingerprint density at radius 1 is 1.21 bits per heavy atom. The zero-order valence-electron chi connectivity index (χ0n) is 16.6. The highest BCUT2D eigenvalue weighted by molar-refractivity contribution is 7.12. The van der Waals surface area contributed by atoms with Crippen molar-refractivity contribution in [2.24, 2.45) is 5.92 Å². The first-order chi connectivity index (χ1) is 13.2. The van der Waals surface area contributed by atoms with Crippen molar-refractivity contribution >= 4 is 28.6 Å². The molecule has 4 rings (SSSR count). The number of hydrogen-bond acceptors (Lipinski definition) is 3. The average molecular weight is 405 g/mol. The Balaban J connectivity index is 1.44. The van der Waals surface area contributed by atoms with Gasteiger partial charge in [0.05, 0.1) is 6.54 Å². The van der Waals surface area contributed by atoms with Crippen molar-refractivity contribution in [1.29, 1.82) is 0 Å². The van der Waals surface area contributed by atoms with Crippen LogP contribution in [0.2, 0.25) is 0 Å². The van der Waals surface area contributed by atoms with Crippen molar-refractivity contribution in [3.05, 3.63) is 44.6 Å². The smallest absolute Gasteiger partial charge is 0.248 e. The largest absolute Gasteiger partial charge is 0.366 e. The van der Waals surface area contributed by atoms with Crippen LogP contribution in [0.4, 0.5) is 20.2 Å². The molecule has 1 N–H and O–H groups in total. The fourth-order valence-electron chi connectivity index (χ4n) is 4.39. The van der Waals surface area contributed by atoms with Gasteiger partial charge in [0.25, 0.3) is 0 Å². The van der Waals surface area contributed by atoms with E-state index in [0.29, 0.717) is 0 Å². The van der Waals surface area contributed by atoms with E-state index in [2.05, 4.69) is 35.3 Å². The van der Waals surface area contributed by atoms with E-state index in [0.717, 1.165) is 36.3 Å². The number of nitrogens with one attached hydrogen (secondary N) is 1. The highest BCUT2D eigenvalue weighted by atomic mass is 32.1. The van der Waals surface area contributed by atoms with Crippen LogP contribution in [0, 0.1) is 26.7 Å². The maximum absolute atomic E-state index is 13.0. The van der Waals surface area contributed by atoms with Crippen molar-refractivity contribution in [1.82, 2.24) is 0 Å². The number of aryl methyl sites for hydroxylation is 3. The summed E-state index contributed by atoms with van der Waals surface area (Å²) in [4.78, 5) is 17.5. The van der Waals surface area contributed by atoms with Crippen LogP contribution in [0.1, 0.15) is 45.7 Å². The third-order valence-corrected chi connectivity index (χ3v) is 6.88. The molecule has 0 saturated heterocycles. The molecule has 1 amide bonds. The molecule has 1 saturated carbocycles. The summed E-state index contributed by atoms with van der Waals surface area (Å²) in [6, 6.07) is 6.53. The zero-order valence-corrected chi connectivity index (χ0v) is 17.4. The Bertz CT molecular complexity index is 890. The molecule has 28 heavy (non-hydrogen) atoms. The Morgan fingerprint density at radius 3 is 2.54 bits per heavy atom. The van der Waals surface area contributed by atoms with Crippen molar-refractivity contribution in [2.75, 3.05) is 16.8 Å². The van der Waals surface area contributed by atoms with Crippen molar-refractivity contribution < 1.29 is 13.6 Å². The Labute approximate surface area is 168 Å². The molecule has 1 aromatic carbocycles. The van der Waals surface area contributed by atoms with E-state index >= 15 is 0 Å². The molecule has 3 nitrogen and oxygen atoms in total. The summed E-state index contributed by atoms with van der Waals surface area (Å²) in [6.07, 6.45) is 0.887. The van der Waals surface area contributed by atoms with Gasteiger partial charge in [-0.2, -0.15) is 0 Å². The van der Waals surface area contributed by atoms with Crippen LogP contribution >= 0.6 is 11.3 Å². The van der Waals surface area contributed by atoms with Crippen LogP contribution in [0.3, 0.4) is 0 Å². The van der Waals surface area contributed by atoms with Gasteiger partial charge in [-0.05, 0) is 68.0 Å². The molecule has 6 heteroatoms. The predicted molar refractivity (Wildman–Crippen MR) is 111 cm³/mol. The molecule has 0 atom stereocenters. The van der Waals surface area contributed by atoms with Crippen LogP contribution in [-0.4, -0.2) is 18.4 Å². The highest BCUT2D eigenvalue weighted by Gasteiger charge is 2.45. The Morgan fingerprint density at radius 2 is 1.89 bits per heavy atom. The molecule has 2 aromatic rings. The number of hydrogen-bond donors (Lipinski definition) is 1. The van der Waals surface area contributed by atoms with Gasteiger partial charge in [0, 0.05) is 46.9 Å². The fourth-order valence-corrected chi connectivity index (χ4v) is 5.49. The summed E-state index contributed by atoms with van der Waals surface area (Å²) in [5, 5.41) is 2.95. The van der Waals surface area contributed by atoms with Crippen LogP contribution in [0.25, 0.3) is 0 Å². The zero-order chi connectivity index (χ0) is 20.1. The lowest BCUT2D eigenvalue weighted by atomic mass is 9.79. The van der Waals surface area contributed by atoms with Crippen molar-refractivity contribution in [2.45, 2.75) is 58.9 Å². The molecule has 1 aromatic heterocycles. The molecular weight excluding hydrogens is 378 g/mol. The van der Waals surface area contributed by atoms with E-state index in [9.17, 15) is 13.6 Å². The molecule has 2 heterocycles. The first-order valence-corrected chi connectivity index (χ1v) is 10.6. The summed E-state index contributed by atoms with van der Waals surface area (Å²) < 4.78 is 25.9. The lowest BCUT2D eigenvalue weighted by molar-refractivity contribution is -0.129. The van der Waals surface area contributed by atoms with Gasteiger partial charge in [-0.1, -0.05) is 0 Å². The number of carbonyl (C=O) groups excluding carboxylic acids is 1. The summed E-state index contributed by atoms with van der Waals surface area (Å²) in [7, 11) is 0. The minimum Gasteiger partial charge on any atom is -0.366 e. The number of fused-ring (bicyclic) bond motifs is 1. The first kappa shape index (κ1) is 19.4. The van der Waals surface area contributed by atoms with Gasteiger partial charge in [0.2, 0.25) is 11.8 Å². The van der Waals surface area contributed by atoms with Gasteiger partial charge in [0.15, 0.2) is 0 Å². The van der Waals surface area contributed by atoms with E-state index in [1.165, 1.54) is 21.0 Å². The topological polar surface area (TPSA) is 32.3 Å². The second-order valence-corrected chi connectivity index (χ2v) is 9.65. The van der Waals surface area contributed by atoms with Crippen LogP contribution < -0.4 is 10.2 Å². The summed E-state index contributed by atoms with van der Waals surface area (Å²) in [5.41, 5.74) is 5.47. The van der Waals surface area contributed by atoms with Gasteiger partial charge in [0.1, 0.15) is 0 Å². The molecule has 1 aliphatic carbocycles. The normalized spacial score (nSPS) is 18.5. The maximum atomic E-state index is 13.0. The Hall–Kier alpha value is -1.95. The molecule has 2 aliphatic rings. The lowest BCUT2D eigenvalue weighted by Crippen LogP contribution is -2.37. The molecule has 150 valence electrons. The number of halogens is 2. The number of nitrogens with zero attached hydrogens (tertiary/aromatic N) is 1. The lowest BCUT2D eigenvalue weighted by Gasteiger charge is -2.34. The average Bonchev–Trinajstić information content (AvgIpc) is 2.95. The second-order valence-electron chi connectivity index (χ2n) is 8.31. The number of anilines is 2.